The van der Waals surface area contributed by atoms with Gasteiger partial charge in [-0.15, -0.1) is 0 Å². The van der Waals surface area contributed by atoms with Gasteiger partial charge < -0.3 is 24.5 Å². The molecular weight excluding hydrogens is 418 g/mol. The maximum Gasteiger partial charge on any atom is 0.180 e. The van der Waals surface area contributed by atoms with Crippen molar-refractivity contribution in [3.05, 3.63) is 67.3 Å². The molecule has 9 nitrogen and oxygen atoms in total. The summed E-state index contributed by atoms with van der Waals surface area (Å²) in [4.78, 5) is 11.6. The fourth-order valence-corrected chi connectivity index (χ4v) is 4.21. The van der Waals surface area contributed by atoms with Gasteiger partial charge >= 0.3 is 0 Å². The second kappa shape index (κ2) is 8.19. The molecule has 6 rings (SSSR count). The predicted octanol–water partition coefficient (Wildman–Crippen LogP) is 3.21. The van der Waals surface area contributed by atoms with Crippen LogP contribution in [0.5, 0.6) is 0 Å². The summed E-state index contributed by atoms with van der Waals surface area (Å²) in [6.45, 7) is 2.14. The number of aliphatic hydroxyl groups is 1. The standard InChI is InChI=1S/C24H23N7O2/c32-15-20-13-30(9-10-33-20)19-5-3-18(4-6-19)27-23-24-25-7-8-31(24)14-22(28-23)16-1-2-17-12-26-29-21(17)11-16/h1-8,11-12,14,20,32H,9-10,13,15H2,(H,26,29)(H,27,28)/t20-/m0/s1. The maximum atomic E-state index is 9.40. The zero-order valence-electron chi connectivity index (χ0n) is 17.8. The molecular formula is C24H23N7O2. The van der Waals surface area contributed by atoms with Crippen molar-refractivity contribution >= 4 is 33.7 Å². The normalized spacial score (nSPS) is 16.5. The van der Waals surface area contributed by atoms with Gasteiger partial charge in [-0.2, -0.15) is 5.10 Å². The number of hydrogen-bond acceptors (Lipinski definition) is 7. The number of ether oxygens (including phenoxy) is 1. The van der Waals surface area contributed by atoms with E-state index >= 15 is 0 Å². The third-order valence-electron chi connectivity index (χ3n) is 5.95. The molecule has 9 heteroatoms. The van der Waals surface area contributed by atoms with Gasteiger partial charge in [-0.05, 0) is 30.3 Å². The summed E-state index contributed by atoms with van der Waals surface area (Å²) in [6, 6.07) is 14.3. The molecule has 2 aromatic carbocycles. The first-order valence-electron chi connectivity index (χ1n) is 10.9. The van der Waals surface area contributed by atoms with Gasteiger partial charge in [0.2, 0.25) is 0 Å². The van der Waals surface area contributed by atoms with E-state index in [0.717, 1.165) is 45.7 Å². The highest BCUT2D eigenvalue weighted by molar-refractivity contribution is 5.84. The first-order valence-corrected chi connectivity index (χ1v) is 10.9. The third kappa shape index (κ3) is 3.77. The Morgan fingerprint density at radius 2 is 2.09 bits per heavy atom. The Morgan fingerprint density at radius 1 is 1.18 bits per heavy atom. The summed E-state index contributed by atoms with van der Waals surface area (Å²) in [7, 11) is 0. The average Bonchev–Trinajstić information content (AvgIpc) is 3.53. The topological polar surface area (TPSA) is 104 Å². The Labute approximate surface area is 189 Å². The van der Waals surface area contributed by atoms with Crippen molar-refractivity contribution in [2.75, 3.05) is 36.5 Å². The number of H-pyrrole nitrogens is 1. The molecule has 3 aromatic heterocycles. The van der Waals surface area contributed by atoms with Gasteiger partial charge in [-0.3, -0.25) is 5.10 Å². The number of fused-ring (bicyclic) bond motifs is 2. The molecule has 1 fully saturated rings. The molecule has 0 bridgehead atoms. The van der Waals surface area contributed by atoms with Crippen LogP contribution in [-0.4, -0.2) is 62.1 Å². The Hall–Kier alpha value is -3.95. The molecule has 0 radical (unpaired) electrons. The van der Waals surface area contributed by atoms with Gasteiger partial charge in [0.25, 0.3) is 0 Å². The Bertz CT molecular complexity index is 1410. The highest BCUT2D eigenvalue weighted by Gasteiger charge is 2.20. The monoisotopic (exact) mass is 441 g/mol. The van der Waals surface area contributed by atoms with Gasteiger partial charge in [-0.25, -0.2) is 9.97 Å². The van der Waals surface area contributed by atoms with Crippen LogP contribution in [0.4, 0.5) is 17.2 Å². The molecule has 3 N–H and O–H groups in total. The molecule has 5 aromatic rings. The molecule has 0 amide bonds. The molecule has 1 aliphatic heterocycles. The number of hydrogen-bond donors (Lipinski definition) is 3. The Kier molecular flexibility index (Phi) is 4.89. The van der Waals surface area contributed by atoms with E-state index in [2.05, 4.69) is 37.5 Å². The van der Waals surface area contributed by atoms with Crippen molar-refractivity contribution in [3.63, 3.8) is 0 Å². The molecule has 1 saturated heterocycles. The quantitative estimate of drug-likeness (QED) is 0.385. The number of aromatic amines is 1. The number of anilines is 3. The summed E-state index contributed by atoms with van der Waals surface area (Å²) in [5.41, 5.74) is 5.57. The van der Waals surface area contributed by atoms with Gasteiger partial charge in [-0.1, -0.05) is 12.1 Å². The zero-order valence-corrected chi connectivity index (χ0v) is 17.8. The average molecular weight is 441 g/mol. The first-order chi connectivity index (χ1) is 16.3. The number of nitrogens with zero attached hydrogens (tertiary/aromatic N) is 5. The number of morpholine rings is 1. The van der Waals surface area contributed by atoms with Crippen LogP contribution in [0.2, 0.25) is 0 Å². The Balaban J connectivity index is 1.30. The highest BCUT2D eigenvalue weighted by Crippen LogP contribution is 2.27. The summed E-state index contributed by atoms with van der Waals surface area (Å²) >= 11 is 0. The molecule has 0 unspecified atom stereocenters. The lowest BCUT2D eigenvalue weighted by Crippen LogP contribution is -2.44. The molecule has 166 valence electrons. The van der Waals surface area contributed by atoms with Crippen LogP contribution in [0.3, 0.4) is 0 Å². The minimum Gasteiger partial charge on any atom is -0.394 e. The summed E-state index contributed by atoms with van der Waals surface area (Å²) in [5.74, 6) is 0.682. The highest BCUT2D eigenvalue weighted by atomic mass is 16.5. The molecule has 0 saturated carbocycles. The number of nitrogens with one attached hydrogen (secondary N) is 2. The molecule has 1 atom stereocenters. The lowest BCUT2D eigenvalue weighted by atomic mass is 10.1. The second-order valence-corrected chi connectivity index (χ2v) is 8.10. The summed E-state index contributed by atoms with van der Waals surface area (Å²) in [6.07, 6.45) is 7.33. The van der Waals surface area contributed by atoms with E-state index in [0.29, 0.717) is 19.0 Å². The van der Waals surface area contributed by atoms with E-state index in [1.54, 1.807) is 6.20 Å². The first kappa shape index (κ1) is 19.7. The predicted molar refractivity (Wildman–Crippen MR) is 127 cm³/mol. The summed E-state index contributed by atoms with van der Waals surface area (Å²) < 4.78 is 7.53. The van der Waals surface area contributed by atoms with Crippen LogP contribution in [0.1, 0.15) is 0 Å². The zero-order chi connectivity index (χ0) is 22.2. The van der Waals surface area contributed by atoms with Crippen molar-refractivity contribution in [2.24, 2.45) is 0 Å². The van der Waals surface area contributed by atoms with Crippen molar-refractivity contribution in [3.8, 4) is 11.3 Å². The van der Waals surface area contributed by atoms with E-state index < -0.39 is 0 Å². The van der Waals surface area contributed by atoms with Crippen LogP contribution in [0.15, 0.2) is 67.3 Å². The van der Waals surface area contributed by atoms with Crippen LogP contribution in [0, 0.1) is 0 Å². The Morgan fingerprint density at radius 3 is 2.97 bits per heavy atom. The number of aromatic nitrogens is 5. The second-order valence-electron chi connectivity index (χ2n) is 8.10. The van der Waals surface area contributed by atoms with E-state index in [9.17, 15) is 5.11 Å². The van der Waals surface area contributed by atoms with E-state index in [4.69, 9.17) is 9.72 Å². The summed E-state index contributed by atoms with van der Waals surface area (Å²) in [5, 5.41) is 21.0. The van der Waals surface area contributed by atoms with Gasteiger partial charge in [0.1, 0.15) is 0 Å². The van der Waals surface area contributed by atoms with Crippen LogP contribution in [0.25, 0.3) is 27.8 Å². The van der Waals surface area contributed by atoms with Gasteiger partial charge in [0.15, 0.2) is 11.5 Å². The molecule has 4 heterocycles. The number of benzene rings is 2. The van der Waals surface area contributed by atoms with Gasteiger partial charge in [0, 0.05) is 54.0 Å². The third-order valence-corrected chi connectivity index (χ3v) is 5.95. The van der Waals surface area contributed by atoms with E-state index in [1.165, 1.54) is 0 Å². The van der Waals surface area contributed by atoms with Crippen LogP contribution < -0.4 is 10.2 Å². The minimum atomic E-state index is -0.141. The lowest BCUT2D eigenvalue weighted by molar-refractivity contribution is 0.00357. The molecule has 0 spiro atoms. The van der Waals surface area contributed by atoms with E-state index in [-0.39, 0.29) is 12.7 Å². The lowest BCUT2D eigenvalue weighted by Gasteiger charge is -2.33. The van der Waals surface area contributed by atoms with Crippen molar-refractivity contribution in [1.29, 1.82) is 0 Å². The van der Waals surface area contributed by atoms with Gasteiger partial charge in [0.05, 0.1) is 36.7 Å². The largest absolute Gasteiger partial charge is 0.394 e. The SMILES string of the molecule is OC[C@@H]1CN(c2ccc(Nc3nc(-c4ccc5cn[nH]c5c4)cn4ccnc34)cc2)CCO1. The van der Waals surface area contributed by atoms with Crippen LogP contribution >= 0.6 is 0 Å². The maximum absolute atomic E-state index is 9.40. The fourth-order valence-electron chi connectivity index (χ4n) is 4.21. The number of aliphatic hydroxyl groups excluding tert-OH is 1. The molecule has 33 heavy (non-hydrogen) atoms. The van der Waals surface area contributed by atoms with Crippen LogP contribution in [-0.2, 0) is 4.74 Å². The fraction of sp³-hybridized carbons (Fsp3) is 0.208. The molecule has 1 aliphatic rings. The van der Waals surface area contributed by atoms with E-state index in [1.807, 2.05) is 53.3 Å². The molecule has 0 aliphatic carbocycles. The van der Waals surface area contributed by atoms with Crippen molar-refractivity contribution in [2.45, 2.75) is 6.10 Å². The smallest absolute Gasteiger partial charge is 0.180 e. The van der Waals surface area contributed by atoms with Crippen molar-refractivity contribution < 1.29 is 9.84 Å². The van der Waals surface area contributed by atoms with Crippen molar-refractivity contribution in [1.82, 2.24) is 24.6 Å². The number of imidazole rings is 1. The minimum absolute atomic E-state index is 0.0335. The number of rotatable bonds is 5.